The Morgan fingerprint density at radius 3 is 2.20 bits per heavy atom. The van der Waals surface area contributed by atoms with E-state index in [1.807, 2.05) is 23.1 Å². The SMILES string of the molecule is CC(C)(C(=O)NC1CCCC1)C(=O)N1CCN(c2ccccc2)CC1. The number of amides is 2. The molecule has 1 aliphatic carbocycles. The van der Waals surface area contributed by atoms with Gasteiger partial charge in [0.2, 0.25) is 11.8 Å². The summed E-state index contributed by atoms with van der Waals surface area (Å²) in [6, 6.07) is 10.5. The molecule has 0 unspecified atom stereocenters. The smallest absolute Gasteiger partial charge is 0.237 e. The Morgan fingerprint density at radius 2 is 1.60 bits per heavy atom. The minimum Gasteiger partial charge on any atom is -0.368 e. The number of nitrogens with zero attached hydrogens (tertiary/aromatic N) is 2. The maximum Gasteiger partial charge on any atom is 0.237 e. The molecule has 1 saturated carbocycles. The summed E-state index contributed by atoms with van der Waals surface area (Å²) in [7, 11) is 0. The van der Waals surface area contributed by atoms with Gasteiger partial charge in [0.1, 0.15) is 5.41 Å². The topological polar surface area (TPSA) is 52.7 Å². The van der Waals surface area contributed by atoms with E-state index in [0.29, 0.717) is 13.1 Å². The first-order valence-corrected chi connectivity index (χ1v) is 9.39. The number of hydrogen-bond acceptors (Lipinski definition) is 3. The van der Waals surface area contributed by atoms with E-state index in [4.69, 9.17) is 0 Å². The molecular weight excluding hydrogens is 314 g/mol. The average molecular weight is 343 g/mol. The third-order valence-corrected chi connectivity index (χ3v) is 5.48. The summed E-state index contributed by atoms with van der Waals surface area (Å²) >= 11 is 0. The fourth-order valence-corrected chi connectivity index (χ4v) is 3.73. The van der Waals surface area contributed by atoms with Crippen molar-refractivity contribution in [1.29, 1.82) is 0 Å². The van der Waals surface area contributed by atoms with Gasteiger partial charge in [-0.3, -0.25) is 9.59 Å². The molecule has 0 spiro atoms. The van der Waals surface area contributed by atoms with Crippen molar-refractivity contribution in [2.24, 2.45) is 5.41 Å². The molecule has 1 aromatic carbocycles. The summed E-state index contributed by atoms with van der Waals surface area (Å²) in [6.45, 7) is 6.43. The van der Waals surface area contributed by atoms with Crippen molar-refractivity contribution < 1.29 is 9.59 Å². The first-order chi connectivity index (χ1) is 12.0. The molecule has 1 aromatic rings. The second-order valence-electron chi connectivity index (χ2n) is 7.69. The number of benzene rings is 1. The summed E-state index contributed by atoms with van der Waals surface area (Å²) in [5.74, 6) is -0.189. The maximum atomic E-state index is 12.9. The maximum absolute atomic E-state index is 12.9. The lowest BCUT2D eigenvalue weighted by atomic mass is 9.89. The van der Waals surface area contributed by atoms with Crippen LogP contribution in [0.2, 0.25) is 0 Å². The Balaban J connectivity index is 1.56. The normalized spacial score (nSPS) is 19.1. The van der Waals surface area contributed by atoms with Gasteiger partial charge < -0.3 is 15.1 Å². The van der Waals surface area contributed by atoms with Crippen LogP contribution in [-0.2, 0) is 9.59 Å². The minimum atomic E-state index is -1.00. The number of carbonyl (C=O) groups is 2. The Bertz CT molecular complexity index is 601. The fourth-order valence-electron chi connectivity index (χ4n) is 3.73. The van der Waals surface area contributed by atoms with Crippen LogP contribution in [0, 0.1) is 5.41 Å². The molecule has 0 bridgehead atoms. The molecule has 5 nitrogen and oxygen atoms in total. The molecule has 2 fully saturated rings. The third-order valence-electron chi connectivity index (χ3n) is 5.48. The van der Waals surface area contributed by atoms with E-state index >= 15 is 0 Å². The molecule has 0 atom stereocenters. The van der Waals surface area contributed by atoms with Gasteiger partial charge in [-0.2, -0.15) is 0 Å². The summed E-state index contributed by atoms with van der Waals surface area (Å²) in [4.78, 5) is 29.7. The van der Waals surface area contributed by atoms with E-state index in [-0.39, 0.29) is 17.9 Å². The molecule has 1 aliphatic heterocycles. The van der Waals surface area contributed by atoms with Gasteiger partial charge >= 0.3 is 0 Å². The third kappa shape index (κ3) is 3.97. The Morgan fingerprint density at radius 1 is 1.00 bits per heavy atom. The lowest BCUT2D eigenvalue weighted by molar-refractivity contribution is -0.149. The Labute approximate surface area is 150 Å². The van der Waals surface area contributed by atoms with E-state index in [2.05, 4.69) is 22.3 Å². The van der Waals surface area contributed by atoms with Gasteiger partial charge in [0.15, 0.2) is 0 Å². The highest BCUT2D eigenvalue weighted by Gasteiger charge is 2.40. The first-order valence-electron chi connectivity index (χ1n) is 9.39. The van der Waals surface area contributed by atoms with Gasteiger partial charge in [0, 0.05) is 37.9 Å². The molecular formula is C20H29N3O2. The van der Waals surface area contributed by atoms with Gasteiger partial charge in [0.25, 0.3) is 0 Å². The number of carbonyl (C=O) groups excluding carboxylic acids is 2. The summed E-state index contributed by atoms with van der Waals surface area (Å²) in [6.07, 6.45) is 4.40. The molecule has 1 heterocycles. The van der Waals surface area contributed by atoms with Crippen LogP contribution in [0.5, 0.6) is 0 Å². The van der Waals surface area contributed by atoms with E-state index < -0.39 is 5.41 Å². The van der Waals surface area contributed by atoms with Crippen molar-refractivity contribution in [3.05, 3.63) is 30.3 Å². The van der Waals surface area contributed by atoms with Crippen LogP contribution in [0.15, 0.2) is 30.3 Å². The number of rotatable bonds is 4. The van der Waals surface area contributed by atoms with E-state index in [9.17, 15) is 9.59 Å². The molecule has 5 heteroatoms. The average Bonchev–Trinajstić information content (AvgIpc) is 3.15. The van der Waals surface area contributed by atoms with Gasteiger partial charge in [-0.15, -0.1) is 0 Å². The highest BCUT2D eigenvalue weighted by atomic mass is 16.2. The number of para-hydroxylation sites is 1. The molecule has 25 heavy (non-hydrogen) atoms. The standard InChI is InChI=1S/C20H29N3O2/c1-20(2,18(24)21-16-8-6-7-9-16)19(25)23-14-12-22(13-15-23)17-10-4-3-5-11-17/h3-5,10-11,16H,6-9,12-15H2,1-2H3,(H,21,24). The van der Waals surface area contributed by atoms with Gasteiger partial charge in [-0.05, 0) is 38.8 Å². The van der Waals surface area contributed by atoms with Crippen molar-refractivity contribution in [2.75, 3.05) is 31.1 Å². The van der Waals surface area contributed by atoms with Crippen molar-refractivity contribution >= 4 is 17.5 Å². The van der Waals surface area contributed by atoms with E-state index in [1.165, 1.54) is 18.5 Å². The molecule has 2 aliphatic rings. The molecule has 0 aromatic heterocycles. The zero-order valence-electron chi connectivity index (χ0n) is 15.3. The number of hydrogen-bond donors (Lipinski definition) is 1. The molecule has 3 rings (SSSR count). The predicted molar refractivity (Wildman–Crippen MR) is 99.4 cm³/mol. The zero-order valence-corrected chi connectivity index (χ0v) is 15.3. The van der Waals surface area contributed by atoms with Crippen LogP contribution >= 0.6 is 0 Å². The van der Waals surface area contributed by atoms with Gasteiger partial charge in [-0.25, -0.2) is 0 Å². The van der Waals surface area contributed by atoms with Gasteiger partial charge in [0.05, 0.1) is 0 Å². The van der Waals surface area contributed by atoms with Crippen LogP contribution in [0.4, 0.5) is 5.69 Å². The molecule has 136 valence electrons. The van der Waals surface area contributed by atoms with Crippen LogP contribution < -0.4 is 10.2 Å². The van der Waals surface area contributed by atoms with E-state index in [0.717, 1.165) is 25.9 Å². The van der Waals surface area contributed by atoms with Crippen LogP contribution in [-0.4, -0.2) is 48.9 Å². The summed E-state index contributed by atoms with van der Waals surface area (Å²) in [5, 5.41) is 3.08. The van der Waals surface area contributed by atoms with Crippen molar-refractivity contribution in [3.8, 4) is 0 Å². The van der Waals surface area contributed by atoms with Crippen molar-refractivity contribution in [3.63, 3.8) is 0 Å². The predicted octanol–water partition coefficient (Wildman–Crippen LogP) is 2.42. The largest absolute Gasteiger partial charge is 0.368 e. The molecule has 0 radical (unpaired) electrons. The highest BCUT2D eigenvalue weighted by Crippen LogP contribution is 2.24. The van der Waals surface area contributed by atoms with E-state index in [1.54, 1.807) is 13.8 Å². The van der Waals surface area contributed by atoms with Crippen LogP contribution in [0.1, 0.15) is 39.5 Å². The summed E-state index contributed by atoms with van der Waals surface area (Å²) < 4.78 is 0. The Hall–Kier alpha value is -2.04. The molecule has 2 amide bonds. The monoisotopic (exact) mass is 343 g/mol. The molecule has 1 saturated heterocycles. The highest BCUT2D eigenvalue weighted by molar-refractivity contribution is 6.04. The number of nitrogens with one attached hydrogen (secondary N) is 1. The lowest BCUT2D eigenvalue weighted by Gasteiger charge is -2.39. The lowest BCUT2D eigenvalue weighted by Crippen LogP contribution is -2.56. The zero-order chi connectivity index (χ0) is 17.9. The minimum absolute atomic E-state index is 0.0595. The van der Waals surface area contributed by atoms with Crippen LogP contribution in [0.3, 0.4) is 0 Å². The van der Waals surface area contributed by atoms with Crippen molar-refractivity contribution in [1.82, 2.24) is 10.2 Å². The van der Waals surface area contributed by atoms with Crippen LogP contribution in [0.25, 0.3) is 0 Å². The second kappa shape index (κ2) is 7.46. The number of anilines is 1. The first kappa shape index (κ1) is 17.8. The second-order valence-corrected chi connectivity index (χ2v) is 7.69. The quantitative estimate of drug-likeness (QED) is 0.854. The summed E-state index contributed by atoms with van der Waals surface area (Å²) in [5.41, 5.74) is 0.185. The van der Waals surface area contributed by atoms with Crippen molar-refractivity contribution in [2.45, 2.75) is 45.6 Å². The van der Waals surface area contributed by atoms with Gasteiger partial charge in [-0.1, -0.05) is 31.0 Å². The fraction of sp³-hybridized carbons (Fsp3) is 0.600. The Kier molecular flexibility index (Phi) is 5.30. The number of piperazine rings is 1. The molecule has 1 N–H and O–H groups in total.